The highest BCUT2D eigenvalue weighted by atomic mass is 35.5. The molecule has 0 saturated carbocycles. The van der Waals surface area contributed by atoms with Gasteiger partial charge in [0.05, 0.1) is 17.1 Å². The normalized spacial score (nSPS) is 14.2. The number of rotatable bonds is 0. The lowest BCUT2D eigenvalue weighted by Gasteiger charge is -2.02. The molecule has 0 fully saturated rings. The zero-order valence-electron chi connectivity index (χ0n) is 6.34. The lowest BCUT2D eigenvalue weighted by Crippen LogP contribution is -1.95. The van der Waals surface area contributed by atoms with Crippen molar-refractivity contribution in [2.24, 2.45) is 4.99 Å². The Labute approximate surface area is 75.0 Å². The summed E-state index contributed by atoms with van der Waals surface area (Å²) in [5, 5.41) is 0.593. The van der Waals surface area contributed by atoms with Gasteiger partial charge in [-0.15, -0.1) is 0 Å². The van der Waals surface area contributed by atoms with E-state index in [0.29, 0.717) is 23.0 Å². The van der Waals surface area contributed by atoms with Crippen LogP contribution in [0.4, 0.5) is 17.1 Å². The summed E-state index contributed by atoms with van der Waals surface area (Å²) in [6.07, 6.45) is 0.668. The Morgan fingerprint density at radius 1 is 1.25 bits per heavy atom. The van der Waals surface area contributed by atoms with Crippen molar-refractivity contribution < 1.29 is 0 Å². The maximum absolute atomic E-state index is 5.75. The van der Waals surface area contributed by atoms with Crippen LogP contribution in [0.3, 0.4) is 0 Å². The van der Waals surface area contributed by atoms with Crippen molar-refractivity contribution in [1.82, 2.24) is 0 Å². The monoisotopic (exact) mass is 181 g/mol. The Hall–Kier alpha value is -1.22. The SMILES string of the molecule is Nc1cc2c(cc1N)N=C(Cl)C2. The highest BCUT2D eigenvalue weighted by Crippen LogP contribution is 2.32. The van der Waals surface area contributed by atoms with Crippen molar-refractivity contribution in [2.75, 3.05) is 11.5 Å². The van der Waals surface area contributed by atoms with Gasteiger partial charge >= 0.3 is 0 Å². The molecule has 1 aromatic carbocycles. The van der Waals surface area contributed by atoms with E-state index >= 15 is 0 Å². The van der Waals surface area contributed by atoms with Crippen LogP contribution in [-0.2, 0) is 6.42 Å². The van der Waals surface area contributed by atoms with Crippen LogP contribution in [0, 0.1) is 0 Å². The standard InChI is InChI=1S/C8H8ClN3/c9-8-2-4-1-5(10)6(11)3-7(4)12-8/h1,3H,2,10-11H2. The summed E-state index contributed by atoms with van der Waals surface area (Å²) in [7, 11) is 0. The molecule has 0 amide bonds. The van der Waals surface area contributed by atoms with Crippen LogP contribution in [0.5, 0.6) is 0 Å². The number of benzene rings is 1. The zero-order valence-corrected chi connectivity index (χ0v) is 7.10. The van der Waals surface area contributed by atoms with Gasteiger partial charge in [-0.2, -0.15) is 0 Å². The number of nitrogen functional groups attached to an aromatic ring is 2. The Kier molecular flexibility index (Phi) is 1.48. The first kappa shape index (κ1) is 7.43. The third kappa shape index (κ3) is 1.02. The molecule has 62 valence electrons. The van der Waals surface area contributed by atoms with Gasteiger partial charge in [-0.3, -0.25) is 0 Å². The summed E-state index contributed by atoms with van der Waals surface area (Å²) in [5.74, 6) is 0. The maximum Gasteiger partial charge on any atom is 0.111 e. The van der Waals surface area contributed by atoms with E-state index in [-0.39, 0.29) is 0 Å². The zero-order chi connectivity index (χ0) is 8.72. The Balaban J connectivity index is 2.57. The number of fused-ring (bicyclic) bond motifs is 1. The van der Waals surface area contributed by atoms with E-state index in [4.69, 9.17) is 23.1 Å². The summed E-state index contributed by atoms with van der Waals surface area (Å²) in [6, 6.07) is 3.57. The number of hydrogen-bond acceptors (Lipinski definition) is 3. The quantitative estimate of drug-likeness (QED) is 0.598. The molecule has 0 aliphatic carbocycles. The molecule has 0 saturated heterocycles. The molecular formula is C8H8ClN3. The first-order valence-electron chi connectivity index (χ1n) is 3.58. The molecule has 0 spiro atoms. The molecule has 1 aliphatic rings. The topological polar surface area (TPSA) is 64.4 Å². The van der Waals surface area contributed by atoms with Crippen LogP contribution < -0.4 is 11.5 Å². The summed E-state index contributed by atoms with van der Waals surface area (Å²) in [5.41, 5.74) is 14.3. The number of hydrogen-bond donors (Lipinski definition) is 2. The second-order valence-corrected chi connectivity index (χ2v) is 3.21. The molecule has 4 N–H and O–H groups in total. The van der Waals surface area contributed by atoms with Crippen LogP contribution >= 0.6 is 11.6 Å². The summed E-state index contributed by atoms with van der Waals surface area (Å²) >= 11 is 5.75. The Bertz CT molecular complexity index is 371. The van der Waals surface area contributed by atoms with Crippen molar-refractivity contribution in [3.63, 3.8) is 0 Å². The number of nitrogens with zero attached hydrogens (tertiary/aromatic N) is 1. The van der Waals surface area contributed by atoms with Crippen molar-refractivity contribution in [3.05, 3.63) is 17.7 Å². The van der Waals surface area contributed by atoms with Crippen LogP contribution in [0.25, 0.3) is 0 Å². The first-order valence-corrected chi connectivity index (χ1v) is 3.95. The predicted octanol–water partition coefficient (Wildman–Crippen LogP) is 1.68. The third-order valence-corrected chi connectivity index (χ3v) is 2.08. The molecule has 0 bridgehead atoms. The predicted molar refractivity (Wildman–Crippen MR) is 51.9 cm³/mol. The van der Waals surface area contributed by atoms with Gasteiger partial charge < -0.3 is 11.5 Å². The fourth-order valence-electron chi connectivity index (χ4n) is 1.24. The number of halogens is 1. The third-order valence-electron chi connectivity index (χ3n) is 1.86. The molecule has 1 heterocycles. The Morgan fingerprint density at radius 2 is 1.92 bits per heavy atom. The van der Waals surface area contributed by atoms with E-state index in [1.807, 2.05) is 6.07 Å². The maximum atomic E-state index is 5.75. The molecule has 0 radical (unpaired) electrons. The highest BCUT2D eigenvalue weighted by Gasteiger charge is 2.13. The minimum atomic E-state index is 0.559. The lowest BCUT2D eigenvalue weighted by atomic mass is 10.1. The molecule has 4 heteroatoms. The number of nitrogens with two attached hydrogens (primary N) is 2. The van der Waals surface area contributed by atoms with Gasteiger partial charge in [-0.1, -0.05) is 11.6 Å². The molecule has 3 nitrogen and oxygen atoms in total. The van der Waals surface area contributed by atoms with E-state index in [1.54, 1.807) is 6.07 Å². The second kappa shape index (κ2) is 2.38. The lowest BCUT2D eigenvalue weighted by molar-refractivity contribution is 1.41. The fraction of sp³-hybridized carbons (Fsp3) is 0.125. The van der Waals surface area contributed by atoms with E-state index in [9.17, 15) is 0 Å². The molecule has 1 aromatic rings. The van der Waals surface area contributed by atoms with E-state index < -0.39 is 0 Å². The van der Waals surface area contributed by atoms with Gasteiger partial charge in [-0.05, 0) is 17.7 Å². The fourth-order valence-corrected chi connectivity index (χ4v) is 1.48. The van der Waals surface area contributed by atoms with Crippen LogP contribution in [0.2, 0.25) is 0 Å². The van der Waals surface area contributed by atoms with Crippen molar-refractivity contribution in [2.45, 2.75) is 6.42 Å². The van der Waals surface area contributed by atoms with Gasteiger partial charge in [0.15, 0.2) is 0 Å². The molecule has 0 unspecified atom stereocenters. The van der Waals surface area contributed by atoms with Gasteiger partial charge in [0.25, 0.3) is 0 Å². The van der Waals surface area contributed by atoms with E-state index in [0.717, 1.165) is 11.3 Å². The van der Waals surface area contributed by atoms with Gasteiger partial charge in [0.2, 0.25) is 0 Å². The average Bonchev–Trinajstić information content (AvgIpc) is 2.30. The summed E-state index contributed by atoms with van der Waals surface area (Å²) in [4.78, 5) is 4.10. The van der Waals surface area contributed by atoms with Gasteiger partial charge in [-0.25, -0.2) is 4.99 Å². The van der Waals surface area contributed by atoms with Crippen molar-refractivity contribution in [1.29, 1.82) is 0 Å². The average molecular weight is 182 g/mol. The van der Waals surface area contributed by atoms with Crippen molar-refractivity contribution >= 4 is 33.8 Å². The number of aliphatic imine (C=N–C) groups is 1. The highest BCUT2D eigenvalue weighted by molar-refractivity contribution is 6.66. The van der Waals surface area contributed by atoms with Crippen LogP contribution in [0.15, 0.2) is 17.1 Å². The van der Waals surface area contributed by atoms with Gasteiger partial charge in [0, 0.05) is 6.42 Å². The molecule has 2 rings (SSSR count). The Morgan fingerprint density at radius 3 is 2.67 bits per heavy atom. The smallest absolute Gasteiger partial charge is 0.111 e. The first-order chi connectivity index (χ1) is 5.66. The molecule has 1 aliphatic heterocycles. The van der Waals surface area contributed by atoms with Crippen LogP contribution in [0.1, 0.15) is 5.56 Å². The summed E-state index contributed by atoms with van der Waals surface area (Å²) in [6.45, 7) is 0. The van der Waals surface area contributed by atoms with Crippen LogP contribution in [-0.4, -0.2) is 5.17 Å². The molecule has 12 heavy (non-hydrogen) atoms. The summed E-state index contributed by atoms with van der Waals surface area (Å²) < 4.78 is 0. The largest absolute Gasteiger partial charge is 0.397 e. The molecule has 0 atom stereocenters. The minimum absolute atomic E-state index is 0.559. The van der Waals surface area contributed by atoms with Crippen molar-refractivity contribution in [3.8, 4) is 0 Å². The minimum Gasteiger partial charge on any atom is -0.397 e. The second-order valence-electron chi connectivity index (χ2n) is 2.77. The van der Waals surface area contributed by atoms with E-state index in [1.165, 1.54) is 0 Å². The van der Waals surface area contributed by atoms with E-state index in [2.05, 4.69) is 4.99 Å². The van der Waals surface area contributed by atoms with Gasteiger partial charge in [0.1, 0.15) is 5.17 Å². The molecular weight excluding hydrogens is 174 g/mol. The molecule has 0 aromatic heterocycles. The number of anilines is 2.